The van der Waals surface area contributed by atoms with Gasteiger partial charge in [-0.1, -0.05) is 35.9 Å². The number of carbonyl (C=O) groups is 1. The fourth-order valence-electron chi connectivity index (χ4n) is 1.68. The summed E-state index contributed by atoms with van der Waals surface area (Å²) in [4.78, 5) is 11.7. The molecule has 0 aliphatic rings. The lowest BCUT2D eigenvalue weighted by molar-refractivity contribution is -0.122. The molecule has 0 spiro atoms. The third-order valence-corrected chi connectivity index (χ3v) is 3.00. The second-order valence-electron chi connectivity index (χ2n) is 4.34. The topological polar surface area (TPSA) is 55.1 Å². The highest BCUT2D eigenvalue weighted by Gasteiger charge is 2.15. The van der Waals surface area contributed by atoms with Crippen LogP contribution in [0.2, 0.25) is 5.02 Å². The molecule has 1 amide bonds. The predicted molar refractivity (Wildman–Crippen MR) is 75.6 cm³/mol. The van der Waals surface area contributed by atoms with E-state index >= 15 is 0 Å². The van der Waals surface area contributed by atoms with E-state index in [4.69, 9.17) is 17.3 Å². The summed E-state index contributed by atoms with van der Waals surface area (Å²) < 4.78 is 0. The van der Waals surface area contributed by atoms with Crippen molar-refractivity contribution in [1.82, 2.24) is 5.32 Å². The number of halogens is 1. The molecule has 0 saturated heterocycles. The average molecular weight is 267 g/mol. The van der Waals surface area contributed by atoms with Crippen LogP contribution in [0.15, 0.2) is 36.9 Å². The molecule has 1 aromatic carbocycles. The Hall–Kier alpha value is -1.32. The van der Waals surface area contributed by atoms with Crippen LogP contribution < -0.4 is 11.1 Å². The zero-order chi connectivity index (χ0) is 13.5. The molecule has 2 atom stereocenters. The van der Waals surface area contributed by atoms with Crippen molar-refractivity contribution in [2.75, 3.05) is 0 Å². The van der Waals surface area contributed by atoms with Gasteiger partial charge in [0, 0.05) is 11.1 Å². The zero-order valence-corrected chi connectivity index (χ0v) is 11.3. The molecule has 2 unspecified atom stereocenters. The number of nitrogens with two attached hydrogens (primary N) is 1. The van der Waals surface area contributed by atoms with Gasteiger partial charge >= 0.3 is 0 Å². The molecule has 0 fully saturated rings. The number of hydrogen-bond acceptors (Lipinski definition) is 2. The molecule has 1 rings (SSSR count). The van der Waals surface area contributed by atoms with E-state index in [0.29, 0.717) is 17.9 Å². The van der Waals surface area contributed by atoms with Gasteiger partial charge in [-0.05, 0) is 31.4 Å². The Balaban J connectivity index is 2.51. The molecule has 0 radical (unpaired) electrons. The first-order valence-corrected chi connectivity index (χ1v) is 6.32. The third-order valence-electron chi connectivity index (χ3n) is 2.63. The van der Waals surface area contributed by atoms with Crippen LogP contribution in [0.1, 0.15) is 18.9 Å². The van der Waals surface area contributed by atoms with E-state index in [0.717, 1.165) is 5.56 Å². The molecule has 4 heteroatoms. The van der Waals surface area contributed by atoms with Gasteiger partial charge in [-0.25, -0.2) is 0 Å². The molecule has 0 aliphatic carbocycles. The lowest BCUT2D eigenvalue weighted by atomic mass is 10.1. The highest BCUT2D eigenvalue weighted by atomic mass is 35.5. The first-order chi connectivity index (χ1) is 8.54. The maximum Gasteiger partial charge on any atom is 0.237 e. The molecule has 0 aromatic heterocycles. The van der Waals surface area contributed by atoms with E-state index < -0.39 is 6.04 Å². The fraction of sp³-hybridized carbons (Fsp3) is 0.357. The van der Waals surface area contributed by atoms with Crippen LogP contribution in [-0.2, 0) is 11.2 Å². The van der Waals surface area contributed by atoms with E-state index in [2.05, 4.69) is 11.9 Å². The van der Waals surface area contributed by atoms with Gasteiger partial charge in [-0.3, -0.25) is 4.79 Å². The second kappa shape index (κ2) is 7.19. The average Bonchev–Trinajstić information content (AvgIpc) is 2.32. The summed E-state index contributed by atoms with van der Waals surface area (Å²) in [6.45, 7) is 5.50. The first kappa shape index (κ1) is 14.7. The van der Waals surface area contributed by atoms with E-state index in [9.17, 15) is 4.79 Å². The lowest BCUT2D eigenvalue weighted by Gasteiger charge is -2.17. The van der Waals surface area contributed by atoms with E-state index in [-0.39, 0.29) is 11.9 Å². The minimum Gasteiger partial charge on any atom is -0.352 e. The van der Waals surface area contributed by atoms with Gasteiger partial charge in [0.25, 0.3) is 0 Å². The van der Waals surface area contributed by atoms with E-state index in [1.165, 1.54) is 0 Å². The molecular weight excluding hydrogens is 248 g/mol. The number of nitrogens with one attached hydrogen (secondary N) is 1. The molecule has 3 nitrogen and oxygen atoms in total. The number of rotatable bonds is 6. The van der Waals surface area contributed by atoms with Crippen molar-refractivity contribution in [1.29, 1.82) is 0 Å². The van der Waals surface area contributed by atoms with Crippen LogP contribution in [0.25, 0.3) is 0 Å². The molecule has 1 aromatic rings. The minimum atomic E-state index is -0.531. The van der Waals surface area contributed by atoms with Crippen molar-refractivity contribution in [3.63, 3.8) is 0 Å². The van der Waals surface area contributed by atoms with Gasteiger partial charge in [-0.2, -0.15) is 0 Å². The summed E-state index contributed by atoms with van der Waals surface area (Å²) in [7, 11) is 0. The number of benzene rings is 1. The SMILES string of the molecule is C=CCC(N)C(=O)NC(C)Cc1ccccc1Cl. The normalized spacial score (nSPS) is 13.7. The van der Waals surface area contributed by atoms with Crippen molar-refractivity contribution in [2.45, 2.75) is 31.8 Å². The number of carbonyl (C=O) groups excluding carboxylic acids is 1. The quantitative estimate of drug-likeness (QED) is 0.777. The van der Waals surface area contributed by atoms with Gasteiger partial charge in [-0.15, -0.1) is 6.58 Å². The highest BCUT2D eigenvalue weighted by molar-refractivity contribution is 6.31. The molecule has 0 aliphatic heterocycles. The van der Waals surface area contributed by atoms with Gasteiger partial charge < -0.3 is 11.1 Å². The van der Waals surface area contributed by atoms with Crippen LogP contribution >= 0.6 is 11.6 Å². The van der Waals surface area contributed by atoms with Crippen LogP contribution in [0.5, 0.6) is 0 Å². The summed E-state index contributed by atoms with van der Waals surface area (Å²) in [5.41, 5.74) is 6.71. The Kier molecular flexibility index (Phi) is 5.89. The van der Waals surface area contributed by atoms with Crippen LogP contribution in [-0.4, -0.2) is 18.0 Å². The molecule has 98 valence electrons. The van der Waals surface area contributed by atoms with Crippen molar-refractivity contribution in [3.8, 4) is 0 Å². The largest absolute Gasteiger partial charge is 0.352 e. The fourth-order valence-corrected chi connectivity index (χ4v) is 1.89. The minimum absolute atomic E-state index is 0.00624. The lowest BCUT2D eigenvalue weighted by Crippen LogP contribution is -2.44. The van der Waals surface area contributed by atoms with Crippen molar-refractivity contribution < 1.29 is 4.79 Å². The van der Waals surface area contributed by atoms with Gasteiger partial charge in [0.05, 0.1) is 6.04 Å². The molecule has 3 N–H and O–H groups in total. The van der Waals surface area contributed by atoms with Crippen LogP contribution in [0.4, 0.5) is 0 Å². The molecule has 0 bridgehead atoms. The van der Waals surface area contributed by atoms with Gasteiger partial charge in [0.2, 0.25) is 5.91 Å². The molecule has 18 heavy (non-hydrogen) atoms. The number of amides is 1. The van der Waals surface area contributed by atoms with Crippen LogP contribution in [0, 0.1) is 0 Å². The predicted octanol–water partition coefficient (Wildman–Crippen LogP) is 2.29. The van der Waals surface area contributed by atoms with E-state index in [1.807, 2.05) is 31.2 Å². The maximum atomic E-state index is 11.7. The standard InChI is InChI=1S/C14H19ClN2O/c1-3-6-13(16)14(18)17-10(2)9-11-7-4-5-8-12(11)15/h3-5,7-8,10,13H,1,6,9,16H2,2H3,(H,17,18). The summed E-state index contributed by atoms with van der Waals surface area (Å²) in [5.74, 6) is -0.158. The monoisotopic (exact) mass is 266 g/mol. The summed E-state index contributed by atoms with van der Waals surface area (Å²) in [6, 6.07) is 7.07. The Labute approximate surface area is 113 Å². The molecular formula is C14H19ClN2O. The smallest absolute Gasteiger partial charge is 0.237 e. The first-order valence-electron chi connectivity index (χ1n) is 5.95. The summed E-state index contributed by atoms with van der Waals surface area (Å²) in [5, 5.41) is 3.59. The van der Waals surface area contributed by atoms with Crippen molar-refractivity contribution in [2.24, 2.45) is 5.73 Å². The van der Waals surface area contributed by atoms with E-state index in [1.54, 1.807) is 6.08 Å². The zero-order valence-electron chi connectivity index (χ0n) is 10.5. The second-order valence-corrected chi connectivity index (χ2v) is 4.74. The van der Waals surface area contributed by atoms with Gasteiger partial charge in [0.1, 0.15) is 0 Å². The maximum absolute atomic E-state index is 11.7. The third kappa shape index (κ3) is 4.51. The molecule has 0 heterocycles. The molecule has 0 saturated carbocycles. The Morgan fingerprint density at radius 1 is 1.56 bits per heavy atom. The van der Waals surface area contributed by atoms with Gasteiger partial charge in [0.15, 0.2) is 0 Å². The Morgan fingerprint density at radius 2 is 2.22 bits per heavy atom. The van der Waals surface area contributed by atoms with Crippen molar-refractivity contribution >= 4 is 17.5 Å². The highest BCUT2D eigenvalue weighted by Crippen LogP contribution is 2.16. The number of hydrogen-bond donors (Lipinski definition) is 2. The Morgan fingerprint density at radius 3 is 2.83 bits per heavy atom. The Bertz CT molecular complexity index is 420. The van der Waals surface area contributed by atoms with Crippen molar-refractivity contribution in [3.05, 3.63) is 47.5 Å². The van der Waals surface area contributed by atoms with Crippen LogP contribution in [0.3, 0.4) is 0 Å². The summed E-state index contributed by atoms with van der Waals surface area (Å²) in [6.07, 6.45) is 2.81. The summed E-state index contributed by atoms with van der Waals surface area (Å²) >= 11 is 6.07.